The van der Waals surface area contributed by atoms with Gasteiger partial charge in [-0.3, -0.25) is 0 Å². The van der Waals surface area contributed by atoms with Gasteiger partial charge in [-0.1, -0.05) is 36.4 Å². The van der Waals surface area contributed by atoms with E-state index in [2.05, 4.69) is 104 Å². The molecule has 0 atom stereocenters. The van der Waals surface area contributed by atoms with E-state index in [0.29, 0.717) is 0 Å². The van der Waals surface area contributed by atoms with Crippen LogP contribution in [0.1, 0.15) is 16.7 Å². The number of rotatable bonds is 3. The lowest BCUT2D eigenvalue weighted by Gasteiger charge is -2.10. The highest BCUT2D eigenvalue weighted by atomic mass is 32.2. The fourth-order valence-electron chi connectivity index (χ4n) is 3.48. The molecule has 128 valence electrons. The van der Waals surface area contributed by atoms with Crippen LogP contribution in [0.25, 0.3) is 16.6 Å². The van der Waals surface area contributed by atoms with Crippen LogP contribution in [0.3, 0.4) is 0 Å². The van der Waals surface area contributed by atoms with Gasteiger partial charge in [-0.2, -0.15) is 0 Å². The van der Waals surface area contributed by atoms with Gasteiger partial charge in [0.2, 0.25) is 11.2 Å². The van der Waals surface area contributed by atoms with Crippen LogP contribution in [-0.2, 0) is 0 Å². The van der Waals surface area contributed by atoms with Gasteiger partial charge >= 0.3 is 0 Å². The minimum Gasteiger partial charge on any atom is -0.147 e. The third kappa shape index (κ3) is 3.25. The summed E-state index contributed by atoms with van der Waals surface area (Å²) in [5.74, 6) is 0. The van der Waals surface area contributed by atoms with Crippen LogP contribution >= 0.6 is 11.8 Å². The van der Waals surface area contributed by atoms with Crippen molar-refractivity contribution in [2.75, 3.05) is 0 Å². The maximum Gasteiger partial charge on any atom is 0.251 e. The van der Waals surface area contributed by atoms with Crippen molar-refractivity contribution in [2.45, 2.75) is 30.7 Å². The number of para-hydroxylation sites is 2. The summed E-state index contributed by atoms with van der Waals surface area (Å²) in [5.41, 5.74) is 6.34. The van der Waals surface area contributed by atoms with E-state index in [9.17, 15) is 0 Å². The van der Waals surface area contributed by atoms with Gasteiger partial charge in [-0.15, -0.1) is 4.57 Å². The zero-order chi connectivity index (χ0) is 18.1. The molecule has 0 aliphatic rings. The van der Waals surface area contributed by atoms with Gasteiger partial charge in [0.05, 0.1) is 0 Å². The first-order chi connectivity index (χ1) is 12.6. The van der Waals surface area contributed by atoms with Crippen LogP contribution in [0, 0.1) is 20.8 Å². The fourth-order valence-corrected chi connectivity index (χ4v) is 4.74. The lowest BCUT2D eigenvalue weighted by Crippen LogP contribution is -2.34. The van der Waals surface area contributed by atoms with E-state index in [1.165, 1.54) is 43.2 Å². The SMILES string of the molecule is Cc1cc(C)cc(Sc2cc(C)c3ccccc3[n+]2-c2ccccc2)c1. The van der Waals surface area contributed by atoms with E-state index in [1.54, 1.807) is 0 Å². The van der Waals surface area contributed by atoms with Crippen LogP contribution in [0.2, 0.25) is 0 Å². The lowest BCUT2D eigenvalue weighted by atomic mass is 10.1. The van der Waals surface area contributed by atoms with Gasteiger partial charge in [0.25, 0.3) is 5.03 Å². The smallest absolute Gasteiger partial charge is 0.147 e. The second kappa shape index (κ2) is 6.97. The molecule has 0 aliphatic heterocycles. The third-order valence-electron chi connectivity index (χ3n) is 4.56. The molecule has 4 aromatic rings. The topological polar surface area (TPSA) is 3.88 Å². The molecular formula is C24H22NS+. The summed E-state index contributed by atoms with van der Waals surface area (Å²) in [6, 6.07) is 28.3. The molecular weight excluding hydrogens is 334 g/mol. The maximum atomic E-state index is 2.37. The van der Waals surface area contributed by atoms with Crippen LogP contribution in [0.4, 0.5) is 0 Å². The minimum absolute atomic E-state index is 1.19. The van der Waals surface area contributed by atoms with Crippen molar-refractivity contribution in [1.82, 2.24) is 0 Å². The molecule has 0 saturated carbocycles. The molecule has 1 heterocycles. The van der Waals surface area contributed by atoms with E-state index >= 15 is 0 Å². The third-order valence-corrected chi connectivity index (χ3v) is 5.54. The van der Waals surface area contributed by atoms with E-state index in [1.807, 2.05) is 11.8 Å². The predicted molar refractivity (Wildman–Crippen MR) is 110 cm³/mol. The molecule has 0 N–H and O–H groups in total. The Kier molecular flexibility index (Phi) is 4.52. The van der Waals surface area contributed by atoms with Crippen molar-refractivity contribution in [3.05, 3.63) is 95.6 Å². The highest BCUT2D eigenvalue weighted by Crippen LogP contribution is 2.30. The summed E-state index contributed by atoms with van der Waals surface area (Å²) in [6.07, 6.45) is 0. The molecule has 4 rings (SSSR count). The Morgan fingerprint density at radius 2 is 1.35 bits per heavy atom. The Morgan fingerprint density at radius 1 is 0.692 bits per heavy atom. The molecule has 1 aromatic heterocycles. The van der Waals surface area contributed by atoms with Crippen molar-refractivity contribution in [3.63, 3.8) is 0 Å². The first-order valence-corrected chi connectivity index (χ1v) is 9.69. The Balaban J connectivity index is 1.96. The number of pyridine rings is 1. The number of hydrogen-bond donors (Lipinski definition) is 0. The molecule has 0 aliphatic carbocycles. The zero-order valence-corrected chi connectivity index (χ0v) is 16.2. The van der Waals surface area contributed by atoms with Gasteiger partial charge < -0.3 is 0 Å². The molecule has 0 radical (unpaired) electrons. The van der Waals surface area contributed by atoms with Gasteiger partial charge in [0.1, 0.15) is 0 Å². The van der Waals surface area contributed by atoms with Gasteiger partial charge in [0, 0.05) is 34.5 Å². The van der Waals surface area contributed by atoms with E-state index in [-0.39, 0.29) is 0 Å². The average molecular weight is 357 g/mol. The summed E-state index contributed by atoms with van der Waals surface area (Å²) >= 11 is 1.83. The molecule has 1 nitrogen and oxygen atoms in total. The first kappa shape index (κ1) is 16.9. The highest BCUT2D eigenvalue weighted by molar-refractivity contribution is 7.99. The Labute approximate surface area is 159 Å². The van der Waals surface area contributed by atoms with Crippen LogP contribution in [0.15, 0.2) is 88.8 Å². The second-order valence-electron chi connectivity index (χ2n) is 6.78. The molecule has 0 saturated heterocycles. The molecule has 0 spiro atoms. The normalized spacial score (nSPS) is 11.0. The van der Waals surface area contributed by atoms with E-state index in [4.69, 9.17) is 0 Å². The molecule has 3 aromatic carbocycles. The number of fused-ring (bicyclic) bond motifs is 1. The van der Waals surface area contributed by atoms with Crippen molar-refractivity contribution in [2.24, 2.45) is 0 Å². The number of aromatic nitrogens is 1. The molecule has 0 amide bonds. The van der Waals surface area contributed by atoms with Crippen LogP contribution in [0.5, 0.6) is 0 Å². The Morgan fingerprint density at radius 3 is 2.08 bits per heavy atom. The fraction of sp³-hybridized carbons (Fsp3) is 0.125. The van der Waals surface area contributed by atoms with Crippen LogP contribution in [-0.4, -0.2) is 0 Å². The summed E-state index contributed by atoms with van der Waals surface area (Å²) in [6.45, 7) is 6.52. The monoisotopic (exact) mass is 356 g/mol. The molecule has 0 fully saturated rings. The predicted octanol–water partition coefficient (Wildman–Crippen LogP) is 6.19. The number of nitrogens with zero attached hydrogens (tertiary/aromatic N) is 1. The number of hydrogen-bond acceptors (Lipinski definition) is 1. The Bertz CT molecular complexity index is 1060. The maximum absolute atomic E-state index is 2.37. The minimum atomic E-state index is 1.19. The van der Waals surface area contributed by atoms with Crippen LogP contribution < -0.4 is 4.57 Å². The standard InChI is InChI=1S/C24H22NS/c1-17-13-18(2)15-21(14-17)26-24-16-19(3)22-11-7-8-12-23(22)25(24)20-9-5-4-6-10-20/h4-16H,1-3H3/q+1. The number of benzene rings is 3. The number of aryl methyl sites for hydroxylation is 3. The second-order valence-corrected chi connectivity index (χ2v) is 7.87. The van der Waals surface area contributed by atoms with E-state index < -0.39 is 0 Å². The van der Waals surface area contributed by atoms with Crippen molar-refractivity contribution in [3.8, 4) is 5.69 Å². The largest absolute Gasteiger partial charge is 0.251 e. The summed E-state index contributed by atoms with van der Waals surface area (Å²) in [7, 11) is 0. The average Bonchev–Trinajstić information content (AvgIpc) is 2.62. The van der Waals surface area contributed by atoms with Gasteiger partial charge in [-0.05, 0) is 67.4 Å². The Hall–Kier alpha value is -2.58. The molecule has 26 heavy (non-hydrogen) atoms. The molecule has 2 heteroatoms. The van der Waals surface area contributed by atoms with Crippen molar-refractivity contribution < 1.29 is 4.57 Å². The first-order valence-electron chi connectivity index (χ1n) is 8.88. The summed E-state index contributed by atoms with van der Waals surface area (Å²) < 4.78 is 2.37. The molecule has 0 bridgehead atoms. The summed E-state index contributed by atoms with van der Waals surface area (Å²) in [4.78, 5) is 1.28. The summed E-state index contributed by atoms with van der Waals surface area (Å²) in [5, 5.41) is 2.53. The van der Waals surface area contributed by atoms with E-state index in [0.717, 1.165) is 0 Å². The van der Waals surface area contributed by atoms with Gasteiger partial charge in [0.15, 0.2) is 0 Å². The van der Waals surface area contributed by atoms with Crippen molar-refractivity contribution >= 4 is 22.7 Å². The lowest BCUT2D eigenvalue weighted by molar-refractivity contribution is -0.608. The zero-order valence-electron chi connectivity index (χ0n) is 15.4. The van der Waals surface area contributed by atoms with Crippen molar-refractivity contribution in [1.29, 1.82) is 0 Å². The van der Waals surface area contributed by atoms with Gasteiger partial charge in [-0.25, -0.2) is 0 Å². The highest BCUT2D eigenvalue weighted by Gasteiger charge is 2.21. The quantitative estimate of drug-likeness (QED) is 0.396. The molecule has 0 unspecified atom stereocenters.